The summed E-state index contributed by atoms with van der Waals surface area (Å²) >= 11 is 0. The molecule has 2 aliphatic rings. The highest BCUT2D eigenvalue weighted by Gasteiger charge is 2.70. The van der Waals surface area contributed by atoms with E-state index in [-0.39, 0.29) is 17.6 Å². The third-order valence-corrected chi connectivity index (χ3v) is 11.5. The van der Waals surface area contributed by atoms with Crippen molar-refractivity contribution in [3.63, 3.8) is 0 Å². The van der Waals surface area contributed by atoms with Gasteiger partial charge >= 0.3 is 7.87 Å². The van der Waals surface area contributed by atoms with Crippen molar-refractivity contribution in [2.75, 3.05) is 0 Å². The van der Waals surface area contributed by atoms with E-state index >= 15 is 0 Å². The van der Waals surface area contributed by atoms with Gasteiger partial charge < -0.3 is 0 Å². The molecule has 6 rings (SSSR count). The van der Waals surface area contributed by atoms with Crippen LogP contribution in [-0.2, 0) is 11.1 Å². The van der Waals surface area contributed by atoms with Crippen LogP contribution in [0.4, 0.5) is 0 Å². The van der Waals surface area contributed by atoms with Gasteiger partial charge in [0.05, 0.1) is 12.1 Å². The quantitative estimate of drug-likeness (QED) is 0.212. The first-order chi connectivity index (χ1) is 18.5. The Bertz CT molecular complexity index is 1270. The van der Waals surface area contributed by atoms with Gasteiger partial charge in [0.25, 0.3) is 0 Å². The van der Waals surface area contributed by atoms with Crippen molar-refractivity contribution in [2.45, 2.75) is 50.4 Å². The Hall–Kier alpha value is -2.85. The average Bonchev–Trinajstić information content (AvgIpc) is 3.48. The second-order valence-electron chi connectivity index (χ2n) is 10.8. The van der Waals surface area contributed by atoms with Crippen molar-refractivity contribution in [3.05, 3.63) is 144 Å². The highest BCUT2D eigenvalue weighted by molar-refractivity contribution is 7.69. The van der Waals surface area contributed by atoms with Crippen molar-refractivity contribution in [3.8, 4) is 0 Å². The lowest BCUT2D eigenvalue weighted by Crippen LogP contribution is -2.50. The fourth-order valence-electron chi connectivity index (χ4n) is 6.63. The van der Waals surface area contributed by atoms with Gasteiger partial charge in [-0.3, -0.25) is 0 Å². The molecule has 1 spiro atoms. The molecule has 4 N–H and O–H groups in total. The standard InChI is InChI=1S/C33H38N4P/c1-4-25(2)31-33(29-21-13-7-14-22-29,30-23-15-8-16-24-30)37-38(35-31)34-26(3)32(36-38,27-17-9-5-10-18-27)28-19-11-6-12-20-28/h5-26,31,34-37H,4H2,1-3H3/q+1/t25-,26-,31-,38?/m0/s1. The molecule has 38 heavy (non-hydrogen) atoms. The van der Waals surface area contributed by atoms with E-state index in [0.29, 0.717) is 5.92 Å². The predicted molar refractivity (Wildman–Crippen MR) is 159 cm³/mol. The molecule has 0 aromatic heterocycles. The summed E-state index contributed by atoms with van der Waals surface area (Å²) in [6.07, 6.45) is 1.08. The molecule has 194 valence electrons. The second-order valence-corrected chi connectivity index (χ2v) is 13.1. The molecule has 5 heteroatoms. The SMILES string of the molecule is CC[C@H](C)[C@@H]1N[P+]2(N[C@@H](C)C(c3ccccc3)(c3ccccc3)N2)NC1(c1ccccc1)c1ccccc1. The smallest absolute Gasteiger partial charge is 0.141 e. The summed E-state index contributed by atoms with van der Waals surface area (Å²) in [6, 6.07) is 44.1. The molecule has 4 aromatic carbocycles. The molecule has 2 heterocycles. The fraction of sp³-hybridized carbons (Fsp3) is 0.273. The third kappa shape index (κ3) is 3.95. The van der Waals surface area contributed by atoms with Crippen LogP contribution in [0.1, 0.15) is 49.4 Å². The minimum absolute atomic E-state index is 0.139. The zero-order valence-corrected chi connectivity index (χ0v) is 23.3. The molecule has 0 aliphatic carbocycles. The summed E-state index contributed by atoms with van der Waals surface area (Å²) in [5.41, 5.74) is 4.32. The number of hydrogen-bond acceptors (Lipinski definition) is 4. The first kappa shape index (κ1) is 25.4. The minimum atomic E-state index is -2.28. The normalized spacial score (nSPS) is 26.4. The maximum absolute atomic E-state index is 4.28. The first-order valence-electron chi connectivity index (χ1n) is 13.8. The highest BCUT2D eigenvalue weighted by Crippen LogP contribution is 2.64. The predicted octanol–water partition coefficient (Wildman–Crippen LogP) is 6.74. The van der Waals surface area contributed by atoms with Gasteiger partial charge in [-0.25, -0.2) is 0 Å². The molecule has 0 radical (unpaired) electrons. The molecule has 1 unspecified atom stereocenters. The van der Waals surface area contributed by atoms with Crippen LogP contribution in [0.2, 0.25) is 0 Å². The fourth-order valence-corrected chi connectivity index (χ4v) is 10.6. The average molecular weight is 522 g/mol. The molecule has 0 amide bonds. The lowest BCUT2D eigenvalue weighted by Gasteiger charge is -2.36. The molecule has 4 atom stereocenters. The summed E-state index contributed by atoms with van der Waals surface area (Å²) < 4.78 is 0. The van der Waals surface area contributed by atoms with Gasteiger partial charge in [-0.2, -0.15) is 0 Å². The van der Waals surface area contributed by atoms with E-state index < -0.39 is 13.4 Å². The molecule has 2 fully saturated rings. The highest BCUT2D eigenvalue weighted by atomic mass is 31.2. The Morgan fingerprint density at radius 3 is 1.37 bits per heavy atom. The van der Waals surface area contributed by atoms with E-state index in [1.165, 1.54) is 22.3 Å². The zero-order valence-electron chi connectivity index (χ0n) is 22.4. The maximum Gasteiger partial charge on any atom is 0.301 e. The monoisotopic (exact) mass is 521 g/mol. The lowest BCUT2D eigenvalue weighted by molar-refractivity contribution is 0.302. The van der Waals surface area contributed by atoms with Crippen molar-refractivity contribution in [2.24, 2.45) is 5.92 Å². The second kappa shape index (κ2) is 10.0. The van der Waals surface area contributed by atoms with Crippen LogP contribution in [0.25, 0.3) is 0 Å². The summed E-state index contributed by atoms with van der Waals surface area (Å²) in [5, 5.41) is 16.8. The van der Waals surface area contributed by atoms with Crippen molar-refractivity contribution < 1.29 is 0 Å². The molecule has 2 saturated heterocycles. The van der Waals surface area contributed by atoms with E-state index in [4.69, 9.17) is 0 Å². The maximum atomic E-state index is 4.28. The van der Waals surface area contributed by atoms with E-state index in [1.807, 2.05) is 0 Å². The Morgan fingerprint density at radius 2 is 0.974 bits per heavy atom. The Balaban J connectivity index is 1.54. The largest absolute Gasteiger partial charge is 0.301 e. The van der Waals surface area contributed by atoms with Gasteiger partial charge in [0.2, 0.25) is 0 Å². The van der Waals surface area contributed by atoms with Crippen LogP contribution in [0.5, 0.6) is 0 Å². The number of nitrogens with one attached hydrogen (secondary N) is 4. The summed E-state index contributed by atoms with van der Waals surface area (Å²) in [6.45, 7) is 6.99. The molecule has 0 bridgehead atoms. The van der Waals surface area contributed by atoms with E-state index in [1.54, 1.807) is 0 Å². The van der Waals surface area contributed by atoms with E-state index in [2.05, 4.69) is 162 Å². The molecule has 4 aromatic rings. The first-order valence-corrected chi connectivity index (χ1v) is 15.6. The summed E-state index contributed by atoms with van der Waals surface area (Å²) in [5.74, 6) is 0.435. The topological polar surface area (TPSA) is 48.1 Å². The van der Waals surface area contributed by atoms with Crippen LogP contribution in [0, 0.1) is 5.92 Å². The number of rotatable bonds is 6. The van der Waals surface area contributed by atoms with Crippen molar-refractivity contribution in [1.29, 1.82) is 0 Å². The van der Waals surface area contributed by atoms with Gasteiger partial charge in [0, 0.05) is 0 Å². The number of hydrogen-bond donors (Lipinski definition) is 4. The Labute approximate surface area is 227 Å². The molecular formula is C33H38N4P+. The van der Waals surface area contributed by atoms with Crippen LogP contribution in [-0.4, -0.2) is 12.1 Å². The molecule has 0 saturated carbocycles. The van der Waals surface area contributed by atoms with Crippen molar-refractivity contribution >= 4 is 7.87 Å². The van der Waals surface area contributed by atoms with Crippen molar-refractivity contribution in [1.82, 2.24) is 20.3 Å². The van der Waals surface area contributed by atoms with Crippen LogP contribution >= 0.6 is 7.87 Å². The molecular weight excluding hydrogens is 483 g/mol. The zero-order chi connectivity index (χ0) is 26.2. The van der Waals surface area contributed by atoms with Crippen LogP contribution in [0.15, 0.2) is 121 Å². The molecule has 2 aliphatic heterocycles. The van der Waals surface area contributed by atoms with Gasteiger partial charge in [-0.1, -0.05) is 142 Å². The van der Waals surface area contributed by atoms with Gasteiger partial charge in [0.15, 0.2) is 0 Å². The number of benzene rings is 4. The van der Waals surface area contributed by atoms with Gasteiger partial charge in [-0.15, -0.1) is 20.3 Å². The van der Waals surface area contributed by atoms with Gasteiger partial charge in [0.1, 0.15) is 11.1 Å². The van der Waals surface area contributed by atoms with Gasteiger partial charge in [-0.05, 0) is 35.1 Å². The molecule has 4 nitrogen and oxygen atoms in total. The minimum Gasteiger partial charge on any atom is -0.141 e. The van der Waals surface area contributed by atoms with E-state index in [9.17, 15) is 0 Å². The van der Waals surface area contributed by atoms with E-state index in [0.717, 1.165) is 6.42 Å². The Morgan fingerprint density at radius 1 is 0.605 bits per heavy atom. The summed E-state index contributed by atoms with van der Waals surface area (Å²) in [7, 11) is -2.28. The lowest BCUT2D eigenvalue weighted by atomic mass is 9.73. The van der Waals surface area contributed by atoms with Crippen LogP contribution in [0.3, 0.4) is 0 Å². The Kier molecular flexibility index (Phi) is 6.72. The summed E-state index contributed by atoms with van der Waals surface area (Å²) in [4.78, 5) is 0. The third-order valence-electron chi connectivity index (χ3n) is 8.65. The van der Waals surface area contributed by atoms with Crippen LogP contribution < -0.4 is 20.3 Å².